The molecule has 3 nitrogen and oxygen atoms in total. The van der Waals surface area contributed by atoms with E-state index in [0.29, 0.717) is 5.82 Å². The standard InChI is InChI=1S/C10H15N3/c11-10-4-3-9(7-12-10)8-13-5-1-2-6-13/h3-4,7H,1-2,5-6,8H2,(H2,11,12). The first kappa shape index (κ1) is 8.51. The molecule has 1 aromatic heterocycles. The van der Waals surface area contributed by atoms with Crippen molar-refractivity contribution >= 4 is 5.82 Å². The van der Waals surface area contributed by atoms with Crippen molar-refractivity contribution in [1.29, 1.82) is 0 Å². The van der Waals surface area contributed by atoms with Gasteiger partial charge in [0.15, 0.2) is 0 Å². The van der Waals surface area contributed by atoms with Gasteiger partial charge in [0.05, 0.1) is 0 Å². The van der Waals surface area contributed by atoms with Crippen molar-refractivity contribution in [3.05, 3.63) is 23.9 Å². The second-order valence-corrected chi connectivity index (χ2v) is 3.57. The van der Waals surface area contributed by atoms with E-state index in [1.165, 1.54) is 31.5 Å². The van der Waals surface area contributed by atoms with Crippen molar-refractivity contribution in [3.63, 3.8) is 0 Å². The third-order valence-electron chi connectivity index (χ3n) is 2.45. The van der Waals surface area contributed by atoms with Crippen LogP contribution in [0.25, 0.3) is 0 Å². The molecule has 0 unspecified atom stereocenters. The quantitative estimate of drug-likeness (QED) is 0.739. The SMILES string of the molecule is Nc1ccc(CN2CCCC2)cn1. The first-order chi connectivity index (χ1) is 6.34. The molecule has 1 aliphatic rings. The molecule has 0 spiro atoms. The first-order valence-electron chi connectivity index (χ1n) is 4.77. The molecule has 13 heavy (non-hydrogen) atoms. The maximum absolute atomic E-state index is 5.51. The Kier molecular flexibility index (Phi) is 2.45. The van der Waals surface area contributed by atoms with Crippen LogP contribution in [0.1, 0.15) is 18.4 Å². The van der Waals surface area contributed by atoms with E-state index in [2.05, 4.69) is 16.0 Å². The molecule has 0 aliphatic carbocycles. The number of pyridine rings is 1. The number of likely N-dealkylation sites (tertiary alicyclic amines) is 1. The van der Waals surface area contributed by atoms with E-state index in [1.54, 1.807) is 0 Å². The fraction of sp³-hybridized carbons (Fsp3) is 0.500. The van der Waals surface area contributed by atoms with Gasteiger partial charge in [0.2, 0.25) is 0 Å². The molecule has 1 saturated heterocycles. The maximum atomic E-state index is 5.51. The number of aromatic nitrogens is 1. The zero-order chi connectivity index (χ0) is 9.10. The highest BCUT2D eigenvalue weighted by Crippen LogP contribution is 2.12. The van der Waals surface area contributed by atoms with Crippen LogP contribution in [0.3, 0.4) is 0 Å². The van der Waals surface area contributed by atoms with Crippen molar-refractivity contribution < 1.29 is 0 Å². The van der Waals surface area contributed by atoms with Crippen LogP contribution in [0.2, 0.25) is 0 Å². The van der Waals surface area contributed by atoms with Crippen molar-refractivity contribution in [1.82, 2.24) is 9.88 Å². The van der Waals surface area contributed by atoms with E-state index in [0.717, 1.165) is 6.54 Å². The van der Waals surface area contributed by atoms with E-state index in [4.69, 9.17) is 5.73 Å². The molecule has 70 valence electrons. The molecule has 3 heteroatoms. The number of rotatable bonds is 2. The van der Waals surface area contributed by atoms with Gasteiger partial charge >= 0.3 is 0 Å². The molecule has 1 aromatic rings. The van der Waals surface area contributed by atoms with Gasteiger partial charge in [0.25, 0.3) is 0 Å². The number of nitrogen functional groups attached to an aromatic ring is 1. The van der Waals surface area contributed by atoms with Gasteiger partial charge in [-0.1, -0.05) is 6.07 Å². The van der Waals surface area contributed by atoms with E-state index in [-0.39, 0.29) is 0 Å². The lowest BCUT2D eigenvalue weighted by molar-refractivity contribution is 0.331. The van der Waals surface area contributed by atoms with Crippen molar-refractivity contribution in [3.8, 4) is 0 Å². The number of anilines is 1. The lowest BCUT2D eigenvalue weighted by Crippen LogP contribution is -2.18. The Bertz CT molecular complexity index is 262. The molecule has 2 heterocycles. The summed E-state index contributed by atoms with van der Waals surface area (Å²) in [6, 6.07) is 3.92. The number of nitrogens with two attached hydrogens (primary N) is 1. The van der Waals surface area contributed by atoms with E-state index in [1.807, 2.05) is 12.3 Å². The number of hydrogen-bond donors (Lipinski definition) is 1. The Balaban J connectivity index is 1.97. The Morgan fingerprint density at radius 3 is 2.69 bits per heavy atom. The highest BCUT2D eigenvalue weighted by molar-refractivity contribution is 5.29. The second kappa shape index (κ2) is 3.75. The molecular weight excluding hydrogens is 162 g/mol. The van der Waals surface area contributed by atoms with Gasteiger partial charge < -0.3 is 5.73 Å². The molecule has 0 bridgehead atoms. The zero-order valence-electron chi connectivity index (χ0n) is 7.74. The highest BCUT2D eigenvalue weighted by atomic mass is 15.1. The van der Waals surface area contributed by atoms with E-state index < -0.39 is 0 Å². The Morgan fingerprint density at radius 1 is 1.31 bits per heavy atom. The number of hydrogen-bond acceptors (Lipinski definition) is 3. The van der Waals surface area contributed by atoms with Gasteiger partial charge in [-0.15, -0.1) is 0 Å². The summed E-state index contributed by atoms with van der Waals surface area (Å²) in [5.41, 5.74) is 6.77. The molecular formula is C10H15N3. The molecule has 0 saturated carbocycles. The zero-order valence-corrected chi connectivity index (χ0v) is 7.74. The summed E-state index contributed by atoms with van der Waals surface area (Å²) in [7, 11) is 0. The second-order valence-electron chi connectivity index (χ2n) is 3.57. The minimum absolute atomic E-state index is 0.602. The predicted octanol–water partition coefficient (Wildman–Crippen LogP) is 1.26. The molecule has 1 aliphatic heterocycles. The van der Waals surface area contributed by atoms with Crippen molar-refractivity contribution in [2.45, 2.75) is 19.4 Å². The smallest absolute Gasteiger partial charge is 0.123 e. The van der Waals surface area contributed by atoms with Crippen LogP contribution < -0.4 is 5.73 Å². The van der Waals surface area contributed by atoms with Gasteiger partial charge in [0.1, 0.15) is 5.82 Å². The van der Waals surface area contributed by atoms with Crippen LogP contribution in [0, 0.1) is 0 Å². The molecule has 2 N–H and O–H groups in total. The largest absolute Gasteiger partial charge is 0.384 e. The summed E-state index contributed by atoms with van der Waals surface area (Å²) < 4.78 is 0. The topological polar surface area (TPSA) is 42.1 Å². The monoisotopic (exact) mass is 177 g/mol. The van der Waals surface area contributed by atoms with E-state index >= 15 is 0 Å². The van der Waals surface area contributed by atoms with Gasteiger partial charge in [-0.25, -0.2) is 4.98 Å². The van der Waals surface area contributed by atoms with E-state index in [9.17, 15) is 0 Å². The summed E-state index contributed by atoms with van der Waals surface area (Å²) in [6.45, 7) is 3.47. The molecule has 0 radical (unpaired) electrons. The van der Waals surface area contributed by atoms with Gasteiger partial charge in [0, 0.05) is 12.7 Å². The summed E-state index contributed by atoms with van der Waals surface area (Å²) in [6.07, 6.45) is 4.54. The van der Waals surface area contributed by atoms with Crippen LogP contribution in [0.5, 0.6) is 0 Å². The first-order valence-corrected chi connectivity index (χ1v) is 4.77. The van der Waals surface area contributed by atoms with Crippen molar-refractivity contribution in [2.24, 2.45) is 0 Å². The predicted molar refractivity (Wildman–Crippen MR) is 53.2 cm³/mol. The Morgan fingerprint density at radius 2 is 2.08 bits per heavy atom. The fourth-order valence-electron chi connectivity index (χ4n) is 1.73. The molecule has 0 atom stereocenters. The Labute approximate surface area is 78.6 Å². The van der Waals surface area contributed by atoms with Gasteiger partial charge in [-0.05, 0) is 37.6 Å². The van der Waals surface area contributed by atoms with Crippen LogP contribution in [0.15, 0.2) is 18.3 Å². The average molecular weight is 177 g/mol. The Hall–Kier alpha value is -1.09. The maximum Gasteiger partial charge on any atom is 0.123 e. The minimum Gasteiger partial charge on any atom is -0.384 e. The van der Waals surface area contributed by atoms with Crippen LogP contribution >= 0.6 is 0 Å². The summed E-state index contributed by atoms with van der Waals surface area (Å²) in [5.74, 6) is 0.602. The molecule has 2 rings (SSSR count). The normalized spacial score (nSPS) is 17.8. The molecule has 0 amide bonds. The van der Waals surface area contributed by atoms with Crippen LogP contribution in [-0.2, 0) is 6.54 Å². The summed E-state index contributed by atoms with van der Waals surface area (Å²) in [4.78, 5) is 6.52. The lowest BCUT2D eigenvalue weighted by Gasteiger charge is -2.13. The van der Waals surface area contributed by atoms with Gasteiger partial charge in [-0.3, -0.25) is 4.90 Å². The number of nitrogens with zero attached hydrogens (tertiary/aromatic N) is 2. The molecule has 1 fully saturated rings. The average Bonchev–Trinajstić information content (AvgIpc) is 2.62. The highest BCUT2D eigenvalue weighted by Gasteiger charge is 2.11. The minimum atomic E-state index is 0.602. The van der Waals surface area contributed by atoms with Gasteiger partial charge in [-0.2, -0.15) is 0 Å². The van der Waals surface area contributed by atoms with Crippen LogP contribution in [-0.4, -0.2) is 23.0 Å². The van der Waals surface area contributed by atoms with Crippen molar-refractivity contribution in [2.75, 3.05) is 18.8 Å². The fourth-order valence-corrected chi connectivity index (χ4v) is 1.73. The third kappa shape index (κ3) is 2.18. The van der Waals surface area contributed by atoms with Crippen LogP contribution in [0.4, 0.5) is 5.82 Å². The summed E-state index contributed by atoms with van der Waals surface area (Å²) in [5, 5.41) is 0. The third-order valence-corrected chi connectivity index (χ3v) is 2.45. The lowest BCUT2D eigenvalue weighted by atomic mass is 10.2. The molecule has 0 aromatic carbocycles. The summed E-state index contributed by atoms with van der Waals surface area (Å²) >= 11 is 0.